The summed E-state index contributed by atoms with van der Waals surface area (Å²) in [6, 6.07) is 9.28. The number of thiophene rings is 1. The summed E-state index contributed by atoms with van der Waals surface area (Å²) in [7, 11) is 0. The molecular weight excluding hydrogens is 365 g/mol. The average Bonchev–Trinajstić information content (AvgIpc) is 2.74. The number of halogens is 5. The predicted octanol–water partition coefficient (Wildman–Crippen LogP) is 5.74. The summed E-state index contributed by atoms with van der Waals surface area (Å²) in [4.78, 5) is 0.915. The van der Waals surface area contributed by atoms with Crippen LogP contribution in [0.15, 0.2) is 40.2 Å². The van der Waals surface area contributed by atoms with Crippen molar-refractivity contribution in [2.45, 2.75) is 11.7 Å². The van der Waals surface area contributed by atoms with Gasteiger partial charge in [0.1, 0.15) is 5.75 Å². The average molecular weight is 372 g/mol. The Morgan fingerprint density at radius 2 is 1.74 bits per heavy atom. The molecule has 0 fully saturated rings. The van der Waals surface area contributed by atoms with Gasteiger partial charge in [0.25, 0.3) is 0 Å². The summed E-state index contributed by atoms with van der Waals surface area (Å²) in [5, 5.41) is -0.392. The Labute approximate surface area is 125 Å². The molecule has 1 heterocycles. The minimum Gasteiger partial charge on any atom is -0.406 e. The van der Waals surface area contributed by atoms with Gasteiger partial charge in [0, 0.05) is 4.88 Å². The van der Waals surface area contributed by atoms with Crippen molar-refractivity contribution < 1.29 is 17.9 Å². The number of hydrogen-bond acceptors (Lipinski definition) is 2. The minimum atomic E-state index is -4.68. The highest BCUT2D eigenvalue weighted by Crippen LogP contribution is 2.36. The first-order chi connectivity index (χ1) is 8.85. The van der Waals surface area contributed by atoms with E-state index in [2.05, 4.69) is 20.7 Å². The van der Waals surface area contributed by atoms with E-state index in [1.54, 1.807) is 0 Å². The molecule has 1 aromatic heterocycles. The Bertz CT molecular complexity index is 553. The quantitative estimate of drug-likeness (QED) is 0.625. The second-order valence-electron chi connectivity index (χ2n) is 3.62. The number of hydrogen-bond donors (Lipinski definition) is 0. The van der Waals surface area contributed by atoms with Crippen LogP contribution in [-0.4, -0.2) is 6.36 Å². The maximum absolute atomic E-state index is 12.0. The standard InChI is InChI=1S/C12H7BrClF3OS/c13-10-6-5-9(19-10)11(14)7-1-3-8(4-2-7)18-12(15,16)17/h1-6,11H. The van der Waals surface area contributed by atoms with Crippen molar-refractivity contribution in [3.05, 3.63) is 50.6 Å². The van der Waals surface area contributed by atoms with Gasteiger partial charge in [0.2, 0.25) is 0 Å². The van der Waals surface area contributed by atoms with Crippen molar-refractivity contribution in [1.82, 2.24) is 0 Å². The number of benzene rings is 1. The molecule has 0 amide bonds. The van der Waals surface area contributed by atoms with Gasteiger partial charge in [0.05, 0.1) is 9.16 Å². The van der Waals surface area contributed by atoms with E-state index in [0.717, 1.165) is 8.66 Å². The lowest BCUT2D eigenvalue weighted by molar-refractivity contribution is -0.274. The molecule has 1 atom stereocenters. The van der Waals surface area contributed by atoms with Crippen LogP contribution in [-0.2, 0) is 0 Å². The summed E-state index contributed by atoms with van der Waals surface area (Å²) >= 11 is 11.1. The fourth-order valence-electron chi connectivity index (χ4n) is 1.47. The molecule has 0 radical (unpaired) electrons. The van der Waals surface area contributed by atoms with Crippen molar-refractivity contribution >= 4 is 38.9 Å². The first kappa shape index (κ1) is 14.7. The smallest absolute Gasteiger partial charge is 0.406 e. The van der Waals surface area contributed by atoms with E-state index < -0.39 is 11.7 Å². The molecule has 0 saturated heterocycles. The van der Waals surface area contributed by atoms with Gasteiger partial charge in [0.15, 0.2) is 0 Å². The summed E-state index contributed by atoms with van der Waals surface area (Å²) in [6.07, 6.45) is -4.68. The van der Waals surface area contributed by atoms with E-state index in [4.69, 9.17) is 11.6 Å². The number of alkyl halides is 4. The van der Waals surface area contributed by atoms with Crippen molar-refractivity contribution in [2.24, 2.45) is 0 Å². The van der Waals surface area contributed by atoms with E-state index in [1.807, 2.05) is 12.1 Å². The fraction of sp³-hybridized carbons (Fsp3) is 0.167. The van der Waals surface area contributed by atoms with Crippen molar-refractivity contribution in [3.63, 3.8) is 0 Å². The molecule has 2 rings (SSSR count). The van der Waals surface area contributed by atoms with Crippen molar-refractivity contribution in [1.29, 1.82) is 0 Å². The van der Waals surface area contributed by atoms with Gasteiger partial charge in [-0.05, 0) is 45.8 Å². The Balaban J connectivity index is 2.14. The third kappa shape index (κ3) is 4.12. The molecule has 0 saturated carbocycles. The van der Waals surface area contributed by atoms with E-state index in [1.165, 1.54) is 35.6 Å². The van der Waals surface area contributed by atoms with Gasteiger partial charge < -0.3 is 4.74 Å². The highest BCUT2D eigenvalue weighted by atomic mass is 79.9. The van der Waals surface area contributed by atoms with Crippen molar-refractivity contribution in [2.75, 3.05) is 0 Å². The van der Waals surface area contributed by atoms with Crippen LogP contribution in [0.25, 0.3) is 0 Å². The van der Waals surface area contributed by atoms with E-state index in [0.29, 0.717) is 5.56 Å². The topological polar surface area (TPSA) is 9.23 Å². The van der Waals surface area contributed by atoms with Crippen LogP contribution in [0.5, 0.6) is 5.75 Å². The third-order valence-electron chi connectivity index (χ3n) is 2.25. The molecule has 0 N–H and O–H groups in total. The van der Waals surface area contributed by atoms with Gasteiger partial charge in [-0.25, -0.2) is 0 Å². The molecule has 0 spiro atoms. The molecule has 0 bridgehead atoms. The highest BCUT2D eigenvalue weighted by Gasteiger charge is 2.31. The molecule has 1 unspecified atom stereocenters. The molecule has 1 aromatic carbocycles. The SMILES string of the molecule is FC(F)(F)Oc1ccc(C(Cl)c2ccc(Br)s2)cc1. The monoisotopic (exact) mass is 370 g/mol. The Morgan fingerprint density at radius 3 is 2.21 bits per heavy atom. The van der Waals surface area contributed by atoms with Crippen LogP contribution in [0.2, 0.25) is 0 Å². The zero-order chi connectivity index (χ0) is 14.0. The van der Waals surface area contributed by atoms with Gasteiger partial charge >= 0.3 is 6.36 Å². The lowest BCUT2D eigenvalue weighted by Crippen LogP contribution is -2.17. The fourth-order valence-corrected chi connectivity index (χ4v) is 3.25. The Hall–Kier alpha value is -0.720. The maximum atomic E-state index is 12.0. The van der Waals surface area contributed by atoms with Gasteiger partial charge in [-0.3, -0.25) is 0 Å². The lowest BCUT2D eigenvalue weighted by atomic mass is 10.1. The molecule has 1 nitrogen and oxygen atoms in total. The van der Waals surface area contributed by atoms with E-state index >= 15 is 0 Å². The second-order valence-corrected chi connectivity index (χ2v) is 6.55. The predicted molar refractivity (Wildman–Crippen MR) is 72.8 cm³/mol. The highest BCUT2D eigenvalue weighted by molar-refractivity contribution is 9.11. The summed E-state index contributed by atoms with van der Waals surface area (Å²) in [5.74, 6) is -0.257. The molecule has 102 valence electrons. The van der Waals surface area contributed by atoms with Crippen LogP contribution in [0, 0.1) is 0 Å². The molecule has 0 aliphatic carbocycles. The minimum absolute atomic E-state index is 0.257. The third-order valence-corrected chi connectivity index (χ3v) is 4.56. The Morgan fingerprint density at radius 1 is 1.11 bits per heavy atom. The molecule has 0 aliphatic rings. The largest absolute Gasteiger partial charge is 0.573 e. The molecule has 19 heavy (non-hydrogen) atoms. The zero-order valence-electron chi connectivity index (χ0n) is 9.25. The van der Waals surface area contributed by atoms with E-state index in [9.17, 15) is 13.2 Å². The second kappa shape index (κ2) is 5.73. The summed E-state index contributed by atoms with van der Waals surface area (Å²) < 4.78 is 40.8. The summed E-state index contributed by atoms with van der Waals surface area (Å²) in [5.41, 5.74) is 0.713. The zero-order valence-corrected chi connectivity index (χ0v) is 12.4. The molecule has 7 heteroatoms. The molecule has 0 aliphatic heterocycles. The van der Waals surface area contributed by atoms with Crippen LogP contribution in [0.3, 0.4) is 0 Å². The first-order valence-electron chi connectivity index (χ1n) is 5.10. The maximum Gasteiger partial charge on any atom is 0.573 e. The summed E-state index contributed by atoms with van der Waals surface area (Å²) in [6.45, 7) is 0. The molecule has 2 aromatic rings. The van der Waals surface area contributed by atoms with Crippen LogP contribution < -0.4 is 4.74 Å². The van der Waals surface area contributed by atoms with Crippen LogP contribution in [0.4, 0.5) is 13.2 Å². The molecular formula is C12H7BrClF3OS. The lowest BCUT2D eigenvalue weighted by Gasteiger charge is -2.11. The van der Waals surface area contributed by atoms with Crippen LogP contribution >= 0.6 is 38.9 Å². The number of ether oxygens (including phenoxy) is 1. The first-order valence-corrected chi connectivity index (χ1v) is 7.15. The number of rotatable bonds is 3. The van der Waals surface area contributed by atoms with E-state index in [-0.39, 0.29) is 5.75 Å². The van der Waals surface area contributed by atoms with Crippen LogP contribution in [0.1, 0.15) is 15.8 Å². The van der Waals surface area contributed by atoms with Gasteiger partial charge in [-0.1, -0.05) is 12.1 Å². The normalized spacial score (nSPS) is 13.3. The van der Waals surface area contributed by atoms with Gasteiger partial charge in [-0.2, -0.15) is 0 Å². The van der Waals surface area contributed by atoms with Gasteiger partial charge in [-0.15, -0.1) is 36.1 Å². The Kier molecular flexibility index (Phi) is 4.43. The van der Waals surface area contributed by atoms with Crippen molar-refractivity contribution in [3.8, 4) is 5.75 Å².